The highest BCUT2D eigenvalue weighted by molar-refractivity contribution is 5.35. The third kappa shape index (κ3) is 5.16. The largest absolute Gasteiger partial charge is 0.416 e. The molecule has 0 aromatic heterocycles. The molecule has 0 spiro atoms. The Morgan fingerprint density at radius 2 is 1.43 bits per heavy atom. The molecule has 8 heteroatoms. The lowest BCUT2D eigenvalue weighted by Gasteiger charge is -2.38. The van der Waals surface area contributed by atoms with E-state index in [1.807, 2.05) is 30.3 Å². The third-order valence-electron chi connectivity index (χ3n) is 5.64. The molecule has 1 heterocycles. The van der Waals surface area contributed by atoms with Crippen LogP contribution in [0.25, 0.3) is 0 Å². The number of hydrogen-bond acceptors (Lipinski definition) is 2. The number of alkyl halides is 6. The van der Waals surface area contributed by atoms with Crippen LogP contribution in [0.2, 0.25) is 0 Å². The monoisotopic (exact) mass is 431 g/mol. The summed E-state index contributed by atoms with van der Waals surface area (Å²) in [7, 11) is 0. The lowest BCUT2D eigenvalue weighted by atomic mass is 9.74. The van der Waals surface area contributed by atoms with Crippen molar-refractivity contribution in [2.75, 3.05) is 19.7 Å². The maximum Gasteiger partial charge on any atom is 0.416 e. The molecule has 0 bridgehead atoms. The van der Waals surface area contributed by atoms with Crippen molar-refractivity contribution in [2.24, 2.45) is 0 Å². The van der Waals surface area contributed by atoms with Crippen LogP contribution in [-0.2, 0) is 22.5 Å². The molecule has 1 saturated heterocycles. The van der Waals surface area contributed by atoms with E-state index in [9.17, 15) is 26.3 Å². The van der Waals surface area contributed by atoms with E-state index in [0.29, 0.717) is 0 Å². The van der Waals surface area contributed by atoms with Gasteiger partial charge in [0.15, 0.2) is 0 Å². The SMILES string of the molecule is C[C@@H](OCC1(c2ccccc2)CCNCC1)c1cc(C(F)(F)F)cc(C(F)(F)F)c1. The van der Waals surface area contributed by atoms with E-state index in [2.05, 4.69) is 5.32 Å². The molecular weight excluding hydrogens is 408 g/mol. The first-order chi connectivity index (χ1) is 14.0. The van der Waals surface area contributed by atoms with Crippen molar-refractivity contribution in [3.8, 4) is 0 Å². The Kier molecular flexibility index (Phi) is 6.48. The Morgan fingerprint density at radius 3 is 1.93 bits per heavy atom. The van der Waals surface area contributed by atoms with Gasteiger partial charge in [-0.05, 0) is 62.2 Å². The number of ether oxygens (including phenoxy) is 1. The summed E-state index contributed by atoms with van der Waals surface area (Å²) in [6, 6.07) is 11.3. The number of piperidine rings is 1. The second kappa shape index (κ2) is 8.59. The summed E-state index contributed by atoms with van der Waals surface area (Å²) in [6.45, 7) is 3.20. The van der Waals surface area contributed by atoms with Crippen LogP contribution in [0.3, 0.4) is 0 Å². The summed E-state index contributed by atoms with van der Waals surface area (Å²) in [6.07, 6.45) is -9.16. The van der Waals surface area contributed by atoms with E-state index in [-0.39, 0.29) is 23.7 Å². The van der Waals surface area contributed by atoms with Crippen LogP contribution in [0.5, 0.6) is 0 Å². The standard InChI is InChI=1S/C22H23F6NO/c1-15(16-11-18(21(23,24)25)13-19(12-16)22(26,27)28)30-14-20(7-9-29-10-8-20)17-5-3-2-4-6-17/h2-6,11-13,15,29H,7-10,14H2,1H3/t15-/m1/s1. The van der Waals surface area contributed by atoms with Crippen LogP contribution in [0.4, 0.5) is 26.3 Å². The third-order valence-corrected chi connectivity index (χ3v) is 5.64. The van der Waals surface area contributed by atoms with Gasteiger partial charge in [-0.2, -0.15) is 26.3 Å². The van der Waals surface area contributed by atoms with Gasteiger partial charge >= 0.3 is 12.4 Å². The van der Waals surface area contributed by atoms with Crippen molar-refractivity contribution < 1.29 is 31.1 Å². The first kappa shape index (κ1) is 22.6. The average molecular weight is 431 g/mol. The van der Waals surface area contributed by atoms with Crippen molar-refractivity contribution in [1.82, 2.24) is 5.32 Å². The van der Waals surface area contributed by atoms with Crippen LogP contribution >= 0.6 is 0 Å². The zero-order valence-electron chi connectivity index (χ0n) is 16.4. The molecule has 1 aliphatic heterocycles. The number of rotatable bonds is 5. The van der Waals surface area contributed by atoms with Crippen LogP contribution in [0.1, 0.15) is 48.1 Å². The molecule has 2 aromatic carbocycles. The van der Waals surface area contributed by atoms with Gasteiger partial charge < -0.3 is 10.1 Å². The Hall–Kier alpha value is -2.06. The van der Waals surface area contributed by atoms with Gasteiger partial charge in [-0.15, -0.1) is 0 Å². The molecule has 1 atom stereocenters. The maximum atomic E-state index is 13.1. The highest BCUT2D eigenvalue weighted by atomic mass is 19.4. The minimum Gasteiger partial charge on any atom is -0.373 e. The molecule has 2 aromatic rings. The van der Waals surface area contributed by atoms with Crippen LogP contribution in [0.15, 0.2) is 48.5 Å². The van der Waals surface area contributed by atoms with Gasteiger partial charge in [0.25, 0.3) is 0 Å². The normalized spacial score (nSPS) is 18.2. The van der Waals surface area contributed by atoms with Gasteiger partial charge in [0.05, 0.1) is 23.8 Å². The zero-order valence-corrected chi connectivity index (χ0v) is 16.4. The fourth-order valence-corrected chi connectivity index (χ4v) is 3.81. The topological polar surface area (TPSA) is 21.3 Å². The van der Waals surface area contributed by atoms with Crippen LogP contribution < -0.4 is 5.32 Å². The van der Waals surface area contributed by atoms with E-state index < -0.39 is 29.6 Å². The lowest BCUT2D eigenvalue weighted by Crippen LogP contribution is -2.43. The minimum absolute atomic E-state index is 0.133. The highest BCUT2D eigenvalue weighted by Gasteiger charge is 2.38. The first-order valence-corrected chi connectivity index (χ1v) is 9.68. The van der Waals surface area contributed by atoms with Gasteiger partial charge in [0.2, 0.25) is 0 Å². The summed E-state index contributed by atoms with van der Waals surface area (Å²) in [5.41, 5.74) is -2.09. The van der Waals surface area contributed by atoms with Gasteiger partial charge in [-0.25, -0.2) is 0 Å². The zero-order chi connectivity index (χ0) is 22.0. The molecule has 1 fully saturated rings. The maximum absolute atomic E-state index is 13.1. The summed E-state index contributed by atoms with van der Waals surface area (Å²) in [4.78, 5) is 0. The fourth-order valence-electron chi connectivity index (χ4n) is 3.81. The molecule has 1 N–H and O–H groups in total. The van der Waals surface area contributed by atoms with Crippen LogP contribution in [-0.4, -0.2) is 19.7 Å². The average Bonchev–Trinajstić information content (AvgIpc) is 2.72. The molecule has 1 aliphatic rings. The van der Waals surface area contributed by atoms with E-state index in [4.69, 9.17) is 4.74 Å². The lowest BCUT2D eigenvalue weighted by molar-refractivity contribution is -0.143. The van der Waals surface area contributed by atoms with Crippen molar-refractivity contribution >= 4 is 0 Å². The molecule has 0 aliphatic carbocycles. The second-order valence-electron chi connectivity index (χ2n) is 7.69. The second-order valence-corrected chi connectivity index (χ2v) is 7.69. The number of halogens is 6. The summed E-state index contributed by atoms with van der Waals surface area (Å²) in [5, 5.41) is 3.27. The quantitative estimate of drug-likeness (QED) is 0.576. The number of hydrogen-bond donors (Lipinski definition) is 1. The molecular formula is C22H23F6NO. The Labute approximate surface area is 171 Å². The van der Waals surface area contributed by atoms with Crippen molar-refractivity contribution in [2.45, 2.75) is 43.6 Å². The Morgan fingerprint density at radius 1 is 0.900 bits per heavy atom. The van der Waals surface area contributed by atoms with Gasteiger partial charge in [-0.1, -0.05) is 30.3 Å². The number of benzene rings is 2. The molecule has 0 unspecified atom stereocenters. The van der Waals surface area contributed by atoms with Gasteiger partial charge in [-0.3, -0.25) is 0 Å². The predicted molar refractivity (Wildman–Crippen MR) is 101 cm³/mol. The van der Waals surface area contributed by atoms with E-state index in [1.54, 1.807) is 0 Å². The molecule has 164 valence electrons. The fraction of sp³-hybridized carbons (Fsp3) is 0.455. The molecule has 0 saturated carbocycles. The van der Waals surface area contributed by atoms with Gasteiger partial charge in [0.1, 0.15) is 0 Å². The van der Waals surface area contributed by atoms with E-state index in [1.165, 1.54) is 6.92 Å². The smallest absolute Gasteiger partial charge is 0.373 e. The molecule has 0 amide bonds. The summed E-state index contributed by atoms with van der Waals surface area (Å²) < 4.78 is 84.8. The van der Waals surface area contributed by atoms with Gasteiger partial charge in [0, 0.05) is 5.41 Å². The molecule has 3 rings (SSSR count). The van der Waals surface area contributed by atoms with E-state index >= 15 is 0 Å². The molecule has 0 radical (unpaired) electrons. The first-order valence-electron chi connectivity index (χ1n) is 9.68. The number of nitrogens with one attached hydrogen (secondary N) is 1. The van der Waals surface area contributed by atoms with E-state index in [0.717, 1.165) is 43.6 Å². The van der Waals surface area contributed by atoms with Crippen molar-refractivity contribution in [1.29, 1.82) is 0 Å². The minimum atomic E-state index is -4.88. The van der Waals surface area contributed by atoms with Crippen LogP contribution in [0, 0.1) is 0 Å². The Balaban J connectivity index is 1.86. The summed E-state index contributed by atoms with van der Waals surface area (Å²) >= 11 is 0. The highest BCUT2D eigenvalue weighted by Crippen LogP contribution is 2.39. The van der Waals surface area contributed by atoms with Crippen molar-refractivity contribution in [3.05, 3.63) is 70.8 Å². The molecule has 30 heavy (non-hydrogen) atoms. The summed E-state index contributed by atoms with van der Waals surface area (Å²) in [5.74, 6) is 0. The Bertz CT molecular complexity index is 809. The predicted octanol–water partition coefficient (Wildman–Crippen LogP) is 6.12. The van der Waals surface area contributed by atoms with Crippen molar-refractivity contribution in [3.63, 3.8) is 0 Å². The molecule has 2 nitrogen and oxygen atoms in total.